The molecular weight excluding hydrogens is 401 g/mol. The minimum atomic E-state index is -1.98. The number of hydrogen-bond donors (Lipinski definition) is 0. The number of alkyl halides is 3. The molecule has 0 bridgehead atoms. The van der Waals surface area contributed by atoms with Crippen molar-refractivity contribution in [3.8, 4) is 0 Å². The standard InChI is InChI=1S/C17H28Cl3NO3Si/c1-10(2)25(11(3)4,12(5)6)23-9-14-15-13(7-8-22-14)21-16(24-15)17(18,19)20/h7-8,10-15H,9H2,1-6H3/t13-,14+,15-/m1/s1. The van der Waals surface area contributed by atoms with Gasteiger partial charge in [0.25, 0.3) is 3.79 Å². The number of aliphatic imine (C=N–C) groups is 1. The van der Waals surface area contributed by atoms with Crippen molar-refractivity contribution in [3.05, 3.63) is 12.3 Å². The monoisotopic (exact) mass is 427 g/mol. The quantitative estimate of drug-likeness (QED) is 0.407. The first-order chi connectivity index (χ1) is 11.5. The number of ether oxygens (including phenoxy) is 2. The van der Waals surface area contributed by atoms with Crippen LogP contribution in [0.5, 0.6) is 0 Å². The summed E-state index contributed by atoms with van der Waals surface area (Å²) >= 11 is 17.7. The van der Waals surface area contributed by atoms with E-state index in [9.17, 15) is 0 Å². The van der Waals surface area contributed by atoms with Crippen LogP contribution in [0.25, 0.3) is 0 Å². The fourth-order valence-electron chi connectivity index (χ4n) is 4.19. The Morgan fingerprint density at radius 3 is 2.16 bits per heavy atom. The smallest absolute Gasteiger partial charge is 0.266 e. The molecule has 8 heteroatoms. The van der Waals surface area contributed by atoms with E-state index in [-0.39, 0.29) is 24.1 Å². The molecule has 0 spiro atoms. The number of fused-ring (bicyclic) bond motifs is 1. The van der Waals surface area contributed by atoms with E-state index in [1.807, 2.05) is 6.08 Å². The molecule has 0 saturated heterocycles. The first kappa shape index (κ1) is 21.4. The van der Waals surface area contributed by atoms with Crippen molar-refractivity contribution in [2.45, 2.75) is 80.2 Å². The van der Waals surface area contributed by atoms with Gasteiger partial charge in [-0.05, 0) is 22.7 Å². The highest BCUT2D eigenvalue weighted by molar-refractivity contribution is 6.77. The largest absolute Gasteiger partial charge is 0.492 e. The molecule has 0 aromatic heterocycles. The summed E-state index contributed by atoms with van der Waals surface area (Å²) in [7, 11) is -1.98. The minimum absolute atomic E-state index is 0.118. The van der Waals surface area contributed by atoms with Crippen LogP contribution in [-0.2, 0) is 13.9 Å². The van der Waals surface area contributed by atoms with Gasteiger partial charge >= 0.3 is 0 Å². The highest BCUT2D eigenvalue weighted by atomic mass is 35.6. The maximum Gasteiger partial charge on any atom is 0.266 e. The highest BCUT2D eigenvalue weighted by Gasteiger charge is 2.49. The molecule has 0 aromatic carbocycles. The molecule has 0 radical (unpaired) electrons. The molecule has 144 valence electrons. The lowest BCUT2D eigenvalue weighted by molar-refractivity contribution is -0.0196. The summed E-state index contributed by atoms with van der Waals surface area (Å²) in [6.45, 7) is 14.0. The molecule has 4 nitrogen and oxygen atoms in total. The third kappa shape index (κ3) is 4.32. The van der Waals surface area contributed by atoms with Crippen molar-refractivity contribution < 1.29 is 13.9 Å². The van der Waals surface area contributed by atoms with E-state index >= 15 is 0 Å². The molecule has 0 unspecified atom stereocenters. The predicted octanol–water partition coefficient (Wildman–Crippen LogP) is 5.63. The number of hydrogen-bond acceptors (Lipinski definition) is 4. The normalized spacial score (nSPS) is 26.7. The van der Waals surface area contributed by atoms with Gasteiger partial charge in [0.15, 0.2) is 12.2 Å². The van der Waals surface area contributed by atoms with Crippen LogP contribution in [0.15, 0.2) is 17.3 Å². The topological polar surface area (TPSA) is 40.0 Å². The highest BCUT2D eigenvalue weighted by Crippen LogP contribution is 2.43. The summed E-state index contributed by atoms with van der Waals surface area (Å²) in [5.74, 6) is 0.118. The second-order valence-electron chi connectivity index (χ2n) is 7.64. The number of halogens is 3. The Labute approximate surface area is 167 Å². The SMILES string of the molecule is CC(C)[Si](OC[C@@H]1OC=C[C@H]2N=C(C(Cl)(Cl)Cl)O[C@@H]12)(C(C)C)C(C)C. The third-order valence-corrected chi connectivity index (χ3v) is 11.8. The van der Waals surface area contributed by atoms with Crippen molar-refractivity contribution in [2.75, 3.05) is 6.61 Å². The minimum Gasteiger partial charge on any atom is -0.492 e. The van der Waals surface area contributed by atoms with Crippen molar-refractivity contribution in [1.29, 1.82) is 0 Å². The summed E-state index contributed by atoms with van der Waals surface area (Å²) in [5.41, 5.74) is 1.50. The average molecular weight is 429 g/mol. The molecule has 2 rings (SSSR count). The fourth-order valence-corrected chi connectivity index (χ4v) is 9.92. The Bertz CT molecular complexity index is 510. The Hall–Kier alpha value is 0.0569. The van der Waals surface area contributed by atoms with Crippen LogP contribution in [0.2, 0.25) is 16.6 Å². The molecule has 0 aliphatic carbocycles. The van der Waals surface area contributed by atoms with Gasteiger partial charge < -0.3 is 13.9 Å². The van der Waals surface area contributed by atoms with Crippen LogP contribution in [0.1, 0.15) is 41.5 Å². The van der Waals surface area contributed by atoms with Gasteiger partial charge in [-0.15, -0.1) is 0 Å². The van der Waals surface area contributed by atoms with E-state index in [0.29, 0.717) is 23.2 Å². The molecule has 2 aliphatic heterocycles. The van der Waals surface area contributed by atoms with E-state index in [0.717, 1.165) is 0 Å². The Kier molecular flexibility index (Phi) is 6.81. The second kappa shape index (κ2) is 7.97. The molecule has 0 fully saturated rings. The van der Waals surface area contributed by atoms with Gasteiger partial charge in [-0.1, -0.05) is 76.3 Å². The molecule has 25 heavy (non-hydrogen) atoms. The zero-order chi connectivity index (χ0) is 19.0. The van der Waals surface area contributed by atoms with Crippen LogP contribution in [0, 0.1) is 0 Å². The van der Waals surface area contributed by atoms with E-state index in [1.54, 1.807) is 6.26 Å². The number of nitrogens with zero attached hydrogens (tertiary/aromatic N) is 1. The summed E-state index contributed by atoms with van der Waals surface area (Å²) in [4.78, 5) is 4.37. The van der Waals surface area contributed by atoms with Gasteiger partial charge in [0.1, 0.15) is 6.04 Å². The molecular formula is C17H28Cl3NO3Si. The molecule has 2 aliphatic rings. The maximum atomic E-state index is 6.63. The molecule has 0 aromatic rings. The summed E-state index contributed by atoms with van der Waals surface area (Å²) in [5, 5.41) is 0. The van der Waals surface area contributed by atoms with Gasteiger partial charge in [-0.25, -0.2) is 4.99 Å². The molecule has 0 amide bonds. The molecule has 2 heterocycles. The zero-order valence-electron chi connectivity index (χ0n) is 15.6. The maximum absolute atomic E-state index is 6.63. The lowest BCUT2D eigenvalue weighted by atomic mass is 10.1. The Balaban J connectivity index is 2.12. The van der Waals surface area contributed by atoms with Gasteiger partial charge in [-0.3, -0.25) is 0 Å². The van der Waals surface area contributed by atoms with Crippen molar-refractivity contribution >= 4 is 49.0 Å². The van der Waals surface area contributed by atoms with Crippen LogP contribution in [-0.4, -0.2) is 42.9 Å². The molecule has 3 atom stereocenters. The van der Waals surface area contributed by atoms with E-state index in [4.69, 9.17) is 48.7 Å². The summed E-state index contributed by atoms with van der Waals surface area (Å²) < 4.78 is 16.5. The second-order valence-corrected chi connectivity index (χ2v) is 15.4. The van der Waals surface area contributed by atoms with Gasteiger partial charge in [0.05, 0.1) is 12.9 Å². The van der Waals surface area contributed by atoms with E-state index in [2.05, 4.69) is 46.5 Å². The summed E-state index contributed by atoms with van der Waals surface area (Å²) in [6, 6.07) is -0.207. The van der Waals surface area contributed by atoms with Crippen LogP contribution in [0.4, 0.5) is 0 Å². The van der Waals surface area contributed by atoms with Crippen molar-refractivity contribution in [3.63, 3.8) is 0 Å². The fraction of sp³-hybridized carbons (Fsp3) is 0.824. The van der Waals surface area contributed by atoms with Gasteiger partial charge in [0.2, 0.25) is 14.2 Å². The third-order valence-electron chi connectivity index (χ3n) is 5.19. The number of rotatable bonds is 6. The van der Waals surface area contributed by atoms with Crippen LogP contribution >= 0.6 is 34.8 Å². The van der Waals surface area contributed by atoms with Crippen LogP contribution < -0.4 is 0 Å². The first-order valence-electron chi connectivity index (χ1n) is 8.77. The van der Waals surface area contributed by atoms with Gasteiger partial charge in [0, 0.05) is 0 Å². The predicted molar refractivity (Wildman–Crippen MR) is 107 cm³/mol. The summed E-state index contributed by atoms with van der Waals surface area (Å²) in [6.07, 6.45) is 2.87. The van der Waals surface area contributed by atoms with E-state index in [1.165, 1.54) is 0 Å². The first-order valence-corrected chi connectivity index (χ1v) is 12.0. The average Bonchev–Trinajstić information content (AvgIpc) is 2.91. The van der Waals surface area contributed by atoms with Gasteiger partial charge in [-0.2, -0.15) is 0 Å². The lowest BCUT2D eigenvalue weighted by Gasteiger charge is -2.43. The van der Waals surface area contributed by atoms with Crippen molar-refractivity contribution in [1.82, 2.24) is 0 Å². The molecule has 0 saturated carbocycles. The van der Waals surface area contributed by atoms with Crippen LogP contribution in [0.3, 0.4) is 0 Å². The molecule has 0 N–H and O–H groups in total. The zero-order valence-corrected chi connectivity index (χ0v) is 18.9. The van der Waals surface area contributed by atoms with E-state index < -0.39 is 12.1 Å². The Morgan fingerprint density at radius 2 is 1.68 bits per heavy atom. The van der Waals surface area contributed by atoms with Crippen molar-refractivity contribution in [2.24, 2.45) is 4.99 Å². The Morgan fingerprint density at radius 1 is 1.12 bits per heavy atom. The lowest BCUT2D eigenvalue weighted by Crippen LogP contribution is -2.51.